The van der Waals surface area contributed by atoms with Crippen LogP contribution >= 0.6 is 24.0 Å². The van der Waals surface area contributed by atoms with E-state index in [2.05, 4.69) is 6.92 Å². The Bertz CT molecular complexity index is 365. The highest BCUT2D eigenvalue weighted by molar-refractivity contribution is 6.32. The largest absolute Gasteiger partial charge is 0.495 e. The lowest BCUT2D eigenvalue weighted by Crippen LogP contribution is -2.18. The van der Waals surface area contributed by atoms with Crippen LogP contribution in [0.3, 0.4) is 0 Å². The van der Waals surface area contributed by atoms with Crippen LogP contribution in [0.5, 0.6) is 5.75 Å². The summed E-state index contributed by atoms with van der Waals surface area (Å²) in [5.41, 5.74) is 9.31. The van der Waals surface area contributed by atoms with Gasteiger partial charge in [0.15, 0.2) is 0 Å². The Kier molecular flexibility index (Phi) is 6.16. The predicted molar refractivity (Wildman–Crippen MR) is 72.1 cm³/mol. The molecule has 1 aromatic carbocycles. The lowest BCUT2D eigenvalue weighted by atomic mass is 9.97. The molecule has 0 saturated carbocycles. The summed E-state index contributed by atoms with van der Waals surface area (Å²) in [7, 11) is 1.64. The minimum atomic E-state index is 0. The maximum absolute atomic E-state index is 6.12. The number of benzene rings is 1. The van der Waals surface area contributed by atoms with E-state index in [0.29, 0.717) is 5.02 Å². The summed E-state index contributed by atoms with van der Waals surface area (Å²) < 4.78 is 5.25. The molecule has 1 rings (SSSR count). The third-order valence-electron chi connectivity index (χ3n) is 2.65. The van der Waals surface area contributed by atoms with Crippen LogP contribution in [0.4, 0.5) is 0 Å². The van der Waals surface area contributed by atoms with Crippen molar-refractivity contribution in [3.05, 3.63) is 27.8 Å². The van der Waals surface area contributed by atoms with E-state index in [1.165, 1.54) is 11.1 Å². The van der Waals surface area contributed by atoms with Crippen LogP contribution in [-0.4, -0.2) is 13.2 Å². The van der Waals surface area contributed by atoms with Crippen molar-refractivity contribution in [3.8, 4) is 5.75 Å². The van der Waals surface area contributed by atoms with Crippen LogP contribution in [0.1, 0.15) is 23.6 Å². The molecule has 0 aliphatic carbocycles. The molecule has 4 heteroatoms. The highest BCUT2D eigenvalue weighted by Crippen LogP contribution is 2.33. The van der Waals surface area contributed by atoms with Gasteiger partial charge in [0.25, 0.3) is 0 Å². The molecule has 0 aromatic heterocycles. The van der Waals surface area contributed by atoms with Crippen molar-refractivity contribution in [1.82, 2.24) is 0 Å². The normalized spacial score (nSPS) is 11.9. The van der Waals surface area contributed by atoms with Gasteiger partial charge in [0.05, 0.1) is 12.1 Å². The molecule has 0 radical (unpaired) electrons. The maximum Gasteiger partial charge on any atom is 0.140 e. The van der Waals surface area contributed by atoms with Crippen molar-refractivity contribution >= 4 is 24.0 Å². The Balaban J connectivity index is 0.00000225. The van der Waals surface area contributed by atoms with E-state index in [-0.39, 0.29) is 18.4 Å². The molecule has 1 aromatic rings. The van der Waals surface area contributed by atoms with Gasteiger partial charge in [-0.15, -0.1) is 12.4 Å². The summed E-state index contributed by atoms with van der Waals surface area (Å²) in [5.74, 6) is 0.766. The van der Waals surface area contributed by atoms with E-state index in [1.54, 1.807) is 7.11 Å². The SMILES string of the molecule is COc1c(Cl)cc(CC(C)N)c(C)c1C.Cl. The van der Waals surface area contributed by atoms with E-state index < -0.39 is 0 Å². The zero-order chi connectivity index (χ0) is 11.6. The Morgan fingerprint density at radius 2 is 1.94 bits per heavy atom. The number of nitrogens with two attached hydrogens (primary N) is 1. The van der Waals surface area contributed by atoms with Crippen LogP contribution in [0.25, 0.3) is 0 Å². The summed E-state index contributed by atoms with van der Waals surface area (Å²) in [4.78, 5) is 0. The first-order valence-corrected chi connectivity index (χ1v) is 5.43. The van der Waals surface area contributed by atoms with Crippen molar-refractivity contribution in [3.63, 3.8) is 0 Å². The minimum absolute atomic E-state index is 0. The van der Waals surface area contributed by atoms with Gasteiger partial charge >= 0.3 is 0 Å². The average molecular weight is 264 g/mol. The molecule has 0 amide bonds. The van der Waals surface area contributed by atoms with Crippen molar-refractivity contribution in [2.75, 3.05) is 7.11 Å². The van der Waals surface area contributed by atoms with Gasteiger partial charge in [-0.25, -0.2) is 0 Å². The van der Waals surface area contributed by atoms with Gasteiger partial charge in [0.2, 0.25) is 0 Å². The fourth-order valence-corrected chi connectivity index (χ4v) is 2.08. The second kappa shape index (κ2) is 6.33. The third kappa shape index (κ3) is 3.27. The number of halogens is 2. The lowest BCUT2D eigenvalue weighted by molar-refractivity contribution is 0.411. The Labute approximate surface area is 109 Å². The van der Waals surface area contributed by atoms with Gasteiger partial charge in [-0.3, -0.25) is 0 Å². The quantitative estimate of drug-likeness (QED) is 0.909. The minimum Gasteiger partial charge on any atom is -0.495 e. The smallest absolute Gasteiger partial charge is 0.140 e. The maximum atomic E-state index is 6.12. The van der Waals surface area contributed by atoms with Crippen LogP contribution < -0.4 is 10.5 Å². The number of hydrogen-bond acceptors (Lipinski definition) is 2. The lowest BCUT2D eigenvalue weighted by Gasteiger charge is -2.15. The molecule has 0 spiro atoms. The van der Waals surface area contributed by atoms with E-state index >= 15 is 0 Å². The summed E-state index contributed by atoms with van der Waals surface area (Å²) in [5, 5.41) is 0.663. The van der Waals surface area contributed by atoms with Crippen LogP contribution in [-0.2, 0) is 6.42 Å². The van der Waals surface area contributed by atoms with E-state index in [0.717, 1.165) is 17.7 Å². The molecule has 0 saturated heterocycles. The molecule has 0 heterocycles. The molecule has 2 N–H and O–H groups in total. The highest BCUT2D eigenvalue weighted by Gasteiger charge is 2.12. The fourth-order valence-electron chi connectivity index (χ4n) is 1.73. The van der Waals surface area contributed by atoms with Crippen LogP contribution in [0.15, 0.2) is 6.07 Å². The molecule has 0 fully saturated rings. The van der Waals surface area contributed by atoms with Crippen LogP contribution in [0, 0.1) is 13.8 Å². The van der Waals surface area contributed by atoms with E-state index in [9.17, 15) is 0 Å². The number of methoxy groups -OCH3 is 1. The Morgan fingerprint density at radius 3 is 2.38 bits per heavy atom. The fraction of sp³-hybridized carbons (Fsp3) is 0.500. The Morgan fingerprint density at radius 1 is 1.38 bits per heavy atom. The van der Waals surface area contributed by atoms with Gasteiger partial charge in [-0.05, 0) is 49.9 Å². The number of rotatable bonds is 3. The topological polar surface area (TPSA) is 35.2 Å². The van der Waals surface area contributed by atoms with E-state index in [4.69, 9.17) is 22.1 Å². The zero-order valence-corrected chi connectivity index (χ0v) is 11.7. The van der Waals surface area contributed by atoms with Gasteiger partial charge < -0.3 is 10.5 Å². The number of hydrogen-bond donors (Lipinski definition) is 1. The van der Waals surface area contributed by atoms with Gasteiger partial charge in [0.1, 0.15) is 5.75 Å². The molecular weight excluding hydrogens is 245 g/mol. The standard InChI is InChI=1S/C12H18ClNO.ClH/c1-7(14)5-10-6-11(13)12(15-4)9(3)8(10)2;/h6-7H,5,14H2,1-4H3;1H. The summed E-state index contributed by atoms with van der Waals surface area (Å²) in [6.07, 6.45) is 0.844. The first-order valence-electron chi connectivity index (χ1n) is 5.05. The van der Waals surface area contributed by atoms with Crippen molar-refractivity contribution in [2.45, 2.75) is 33.2 Å². The number of ether oxygens (including phenoxy) is 1. The summed E-state index contributed by atoms with van der Waals surface area (Å²) in [6, 6.07) is 2.10. The van der Waals surface area contributed by atoms with Gasteiger partial charge in [0, 0.05) is 6.04 Å². The van der Waals surface area contributed by atoms with E-state index in [1.807, 2.05) is 19.9 Å². The second-order valence-corrected chi connectivity index (χ2v) is 4.39. The third-order valence-corrected chi connectivity index (χ3v) is 2.93. The van der Waals surface area contributed by atoms with Crippen molar-refractivity contribution in [2.24, 2.45) is 5.73 Å². The molecule has 92 valence electrons. The molecule has 0 aliphatic heterocycles. The highest BCUT2D eigenvalue weighted by atomic mass is 35.5. The monoisotopic (exact) mass is 263 g/mol. The molecular formula is C12H19Cl2NO. The first-order chi connectivity index (χ1) is 6.97. The summed E-state index contributed by atoms with van der Waals surface area (Å²) in [6.45, 7) is 6.09. The molecule has 0 bridgehead atoms. The predicted octanol–water partition coefficient (Wildman–Crippen LogP) is 3.28. The Hall–Kier alpha value is -0.440. The molecule has 0 aliphatic rings. The van der Waals surface area contributed by atoms with Crippen LogP contribution in [0.2, 0.25) is 5.02 Å². The van der Waals surface area contributed by atoms with Crippen molar-refractivity contribution < 1.29 is 4.74 Å². The average Bonchev–Trinajstić information content (AvgIpc) is 2.14. The molecule has 1 unspecified atom stereocenters. The zero-order valence-electron chi connectivity index (χ0n) is 10.1. The first kappa shape index (κ1) is 15.6. The van der Waals surface area contributed by atoms with Gasteiger partial charge in [-0.1, -0.05) is 11.6 Å². The second-order valence-electron chi connectivity index (χ2n) is 3.98. The molecule has 16 heavy (non-hydrogen) atoms. The molecule has 1 atom stereocenters. The van der Waals surface area contributed by atoms with Crippen molar-refractivity contribution in [1.29, 1.82) is 0 Å². The summed E-state index contributed by atoms with van der Waals surface area (Å²) >= 11 is 6.12. The van der Waals surface area contributed by atoms with Gasteiger partial charge in [-0.2, -0.15) is 0 Å². The molecule has 2 nitrogen and oxygen atoms in total.